The summed E-state index contributed by atoms with van der Waals surface area (Å²) in [5.74, 6) is 0.385. The standard InChI is InChI=1S/C14H14NO/c1-10-7-12(8-11(2)14(10)16)9-13-5-3-4-6-15-13/h3-5,7-8,16H,9H2,1-2H3. The molecule has 81 valence electrons. The van der Waals surface area contributed by atoms with Crippen LogP contribution in [0.2, 0.25) is 0 Å². The molecule has 0 saturated heterocycles. The van der Waals surface area contributed by atoms with Gasteiger partial charge in [0.05, 0.1) is 6.20 Å². The number of hydrogen-bond donors (Lipinski definition) is 1. The number of aromatic hydroxyl groups is 1. The molecule has 2 nitrogen and oxygen atoms in total. The first-order chi connectivity index (χ1) is 7.66. The SMILES string of the molecule is Cc1cc(Cc2ccc[c]n2)cc(C)c1O. The van der Waals surface area contributed by atoms with Gasteiger partial charge in [0.1, 0.15) is 5.75 Å². The molecule has 0 atom stereocenters. The summed E-state index contributed by atoms with van der Waals surface area (Å²) in [4.78, 5) is 4.17. The Bertz CT molecular complexity index is 468. The molecule has 0 aliphatic carbocycles. The summed E-state index contributed by atoms with van der Waals surface area (Å²) in [6.07, 6.45) is 3.60. The molecule has 1 N–H and O–H groups in total. The van der Waals surface area contributed by atoms with Crippen molar-refractivity contribution in [1.82, 2.24) is 4.98 Å². The van der Waals surface area contributed by atoms with Crippen molar-refractivity contribution in [2.24, 2.45) is 0 Å². The highest BCUT2D eigenvalue weighted by molar-refractivity contribution is 5.43. The average molecular weight is 212 g/mol. The van der Waals surface area contributed by atoms with Crippen LogP contribution < -0.4 is 0 Å². The van der Waals surface area contributed by atoms with Crippen molar-refractivity contribution in [3.63, 3.8) is 0 Å². The van der Waals surface area contributed by atoms with E-state index < -0.39 is 0 Å². The highest BCUT2D eigenvalue weighted by Crippen LogP contribution is 2.23. The topological polar surface area (TPSA) is 33.1 Å². The number of rotatable bonds is 2. The number of nitrogens with zero attached hydrogens (tertiary/aromatic N) is 1. The van der Waals surface area contributed by atoms with E-state index in [-0.39, 0.29) is 0 Å². The van der Waals surface area contributed by atoms with Gasteiger partial charge >= 0.3 is 0 Å². The summed E-state index contributed by atoms with van der Waals surface area (Å²) in [7, 11) is 0. The van der Waals surface area contributed by atoms with Crippen LogP contribution in [-0.4, -0.2) is 10.1 Å². The molecule has 0 fully saturated rings. The van der Waals surface area contributed by atoms with Crippen molar-refractivity contribution in [2.75, 3.05) is 0 Å². The smallest absolute Gasteiger partial charge is 0.121 e. The fourth-order valence-corrected chi connectivity index (χ4v) is 1.81. The molecule has 0 spiro atoms. The summed E-state index contributed by atoms with van der Waals surface area (Å²) in [5.41, 5.74) is 3.98. The molecule has 1 aromatic carbocycles. The molecule has 2 heteroatoms. The van der Waals surface area contributed by atoms with E-state index in [1.54, 1.807) is 6.07 Å². The number of aryl methyl sites for hydroxylation is 2. The molecule has 1 heterocycles. The number of phenols is 1. The number of hydrogen-bond acceptors (Lipinski definition) is 2. The van der Waals surface area contributed by atoms with Gasteiger partial charge in [0.2, 0.25) is 0 Å². The Hall–Kier alpha value is -1.83. The molecule has 1 radical (unpaired) electrons. The Balaban J connectivity index is 2.29. The van der Waals surface area contributed by atoms with Crippen LogP contribution in [0.3, 0.4) is 0 Å². The van der Waals surface area contributed by atoms with Gasteiger partial charge in [-0.1, -0.05) is 18.2 Å². The van der Waals surface area contributed by atoms with E-state index in [2.05, 4.69) is 11.2 Å². The van der Waals surface area contributed by atoms with Crippen molar-refractivity contribution in [3.05, 3.63) is 58.9 Å². The maximum absolute atomic E-state index is 9.68. The molecule has 0 amide bonds. The predicted octanol–water partition coefficient (Wildman–Crippen LogP) is 2.80. The van der Waals surface area contributed by atoms with Crippen LogP contribution in [0.4, 0.5) is 0 Å². The fraction of sp³-hybridized carbons (Fsp3) is 0.214. The van der Waals surface area contributed by atoms with Gasteiger partial charge in [-0.3, -0.25) is 4.98 Å². The third-order valence-corrected chi connectivity index (χ3v) is 2.60. The lowest BCUT2D eigenvalue weighted by Gasteiger charge is -2.07. The van der Waals surface area contributed by atoms with Crippen molar-refractivity contribution < 1.29 is 5.11 Å². The first kappa shape index (κ1) is 10.7. The molecular formula is C14H14NO. The number of pyridine rings is 1. The van der Waals surface area contributed by atoms with E-state index in [1.165, 1.54) is 5.56 Å². The Kier molecular flexibility index (Phi) is 2.91. The maximum atomic E-state index is 9.68. The zero-order chi connectivity index (χ0) is 11.5. The first-order valence-electron chi connectivity index (χ1n) is 5.28. The van der Waals surface area contributed by atoms with E-state index in [4.69, 9.17) is 0 Å². The Morgan fingerprint density at radius 2 is 1.94 bits per heavy atom. The highest BCUT2D eigenvalue weighted by Gasteiger charge is 2.04. The van der Waals surface area contributed by atoms with Crippen LogP contribution in [0.5, 0.6) is 5.75 Å². The molecule has 1 aromatic heterocycles. The van der Waals surface area contributed by atoms with Crippen molar-refractivity contribution in [3.8, 4) is 5.75 Å². The summed E-state index contributed by atoms with van der Waals surface area (Å²) in [5, 5.41) is 9.68. The zero-order valence-corrected chi connectivity index (χ0v) is 9.49. The minimum Gasteiger partial charge on any atom is -0.507 e. The summed E-state index contributed by atoms with van der Waals surface area (Å²) in [6, 6.07) is 9.70. The summed E-state index contributed by atoms with van der Waals surface area (Å²) < 4.78 is 0. The van der Waals surface area contributed by atoms with Gasteiger partial charge in [0.15, 0.2) is 0 Å². The second-order valence-electron chi connectivity index (χ2n) is 4.01. The molecular weight excluding hydrogens is 198 g/mol. The van der Waals surface area contributed by atoms with E-state index in [0.717, 1.165) is 23.2 Å². The van der Waals surface area contributed by atoms with Gasteiger partial charge in [-0.05, 0) is 42.7 Å². The molecule has 0 aliphatic rings. The van der Waals surface area contributed by atoms with Gasteiger partial charge in [-0.25, -0.2) is 0 Å². The van der Waals surface area contributed by atoms with Crippen LogP contribution in [0, 0.1) is 20.0 Å². The fourth-order valence-electron chi connectivity index (χ4n) is 1.81. The lowest BCUT2D eigenvalue weighted by molar-refractivity contribution is 0.466. The average Bonchev–Trinajstić information content (AvgIpc) is 2.27. The van der Waals surface area contributed by atoms with Gasteiger partial charge < -0.3 is 5.11 Å². The minimum atomic E-state index is 0.385. The molecule has 0 unspecified atom stereocenters. The summed E-state index contributed by atoms with van der Waals surface area (Å²) in [6.45, 7) is 3.83. The number of benzene rings is 1. The number of aromatic nitrogens is 1. The predicted molar refractivity (Wildman–Crippen MR) is 63.5 cm³/mol. The number of phenolic OH excluding ortho intramolecular Hbond substituents is 1. The van der Waals surface area contributed by atoms with E-state index in [9.17, 15) is 5.11 Å². The summed E-state index contributed by atoms with van der Waals surface area (Å²) >= 11 is 0. The van der Waals surface area contributed by atoms with Gasteiger partial charge in [-0.15, -0.1) is 0 Å². The van der Waals surface area contributed by atoms with Crippen molar-refractivity contribution in [2.45, 2.75) is 20.3 Å². The van der Waals surface area contributed by atoms with Crippen LogP contribution in [0.15, 0.2) is 30.3 Å². The zero-order valence-electron chi connectivity index (χ0n) is 9.49. The normalized spacial score (nSPS) is 10.4. The molecule has 0 bridgehead atoms. The molecule has 16 heavy (non-hydrogen) atoms. The molecule has 0 saturated carbocycles. The Morgan fingerprint density at radius 1 is 1.25 bits per heavy atom. The van der Waals surface area contributed by atoms with Crippen LogP contribution >= 0.6 is 0 Å². The van der Waals surface area contributed by atoms with Crippen LogP contribution in [0.25, 0.3) is 0 Å². The largest absolute Gasteiger partial charge is 0.507 e. The third kappa shape index (κ3) is 2.22. The first-order valence-corrected chi connectivity index (χ1v) is 5.28. The van der Waals surface area contributed by atoms with Gasteiger partial charge in [0.25, 0.3) is 0 Å². The monoisotopic (exact) mass is 212 g/mol. The van der Waals surface area contributed by atoms with Crippen molar-refractivity contribution >= 4 is 0 Å². The van der Waals surface area contributed by atoms with Gasteiger partial charge in [0, 0.05) is 12.1 Å². The van der Waals surface area contributed by atoms with E-state index in [1.807, 2.05) is 38.1 Å². The Morgan fingerprint density at radius 3 is 2.50 bits per heavy atom. The maximum Gasteiger partial charge on any atom is 0.121 e. The minimum absolute atomic E-state index is 0.385. The quantitative estimate of drug-likeness (QED) is 0.830. The van der Waals surface area contributed by atoms with Crippen LogP contribution in [0.1, 0.15) is 22.4 Å². The second kappa shape index (κ2) is 4.35. The second-order valence-corrected chi connectivity index (χ2v) is 4.01. The van der Waals surface area contributed by atoms with E-state index in [0.29, 0.717) is 5.75 Å². The van der Waals surface area contributed by atoms with E-state index >= 15 is 0 Å². The third-order valence-electron chi connectivity index (χ3n) is 2.60. The molecule has 0 aliphatic heterocycles. The molecule has 2 rings (SSSR count). The van der Waals surface area contributed by atoms with Crippen molar-refractivity contribution in [1.29, 1.82) is 0 Å². The highest BCUT2D eigenvalue weighted by atomic mass is 16.3. The molecule has 2 aromatic rings. The lowest BCUT2D eigenvalue weighted by Crippen LogP contribution is -1.93. The Labute approximate surface area is 95.6 Å². The van der Waals surface area contributed by atoms with Gasteiger partial charge in [-0.2, -0.15) is 0 Å². The van der Waals surface area contributed by atoms with Crippen LogP contribution in [-0.2, 0) is 6.42 Å². The lowest BCUT2D eigenvalue weighted by atomic mass is 10.0.